The molecule has 0 saturated heterocycles. The van der Waals surface area contributed by atoms with Gasteiger partial charge in [-0.05, 0) is 37.0 Å². The highest BCUT2D eigenvalue weighted by molar-refractivity contribution is 7.17. The van der Waals surface area contributed by atoms with Gasteiger partial charge in [-0.25, -0.2) is 14.8 Å². The van der Waals surface area contributed by atoms with Gasteiger partial charge in [0.1, 0.15) is 22.4 Å². The number of aryl methyl sites for hydroxylation is 2. The molecule has 0 spiro atoms. The van der Waals surface area contributed by atoms with Gasteiger partial charge in [0.05, 0.1) is 30.2 Å². The standard InChI is InChI=1S/C24H28N4O3S/c1-5-18-23(32-22(26-18)17-9-7-15(3)11-21(17)30-4)27-24(29)31-13-16-8-10-20-19(12-16)25-14-28(20)6-2/h7-10,12,14-15H,5-6,11,13H2,1-4H3,(H,27,29). The number of anilines is 1. The van der Waals surface area contributed by atoms with Gasteiger partial charge < -0.3 is 14.0 Å². The van der Waals surface area contributed by atoms with Crippen LogP contribution in [0.15, 0.2) is 42.4 Å². The molecule has 1 aliphatic carbocycles. The molecule has 1 amide bonds. The van der Waals surface area contributed by atoms with Crippen molar-refractivity contribution in [3.63, 3.8) is 0 Å². The summed E-state index contributed by atoms with van der Waals surface area (Å²) in [5.74, 6) is 1.35. The second-order valence-electron chi connectivity index (χ2n) is 7.78. The van der Waals surface area contributed by atoms with E-state index in [1.54, 1.807) is 7.11 Å². The molecule has 7 nitrogen and oxygen atoms in total. The van der Waals surface area contributed by atoms with Crippen LogP contribution in [-0.2, 0) is 29.0 Å². The minimum absolute atomic E-state index is 0.174. The van der Waals surface area contributed by atoms with Gasteiger partial charge in [-0.15, -0.1) is 0 Å². The van der Waals surface area contributed by atoms with Gasteiger partial charge in [0.25, 0.3) is 0 Å². The van der Waals surface area contributed by atoms with Crippen LogP contribution in [0, 0.1) is 5.92 Å². The number of aromatic nitrogens is 3. The van der Waals surface area contributed by atoms with Crippen LogP contribution < -0.4 is 5.32 Å². The molecule has 1 aromatic carbocycles. The van der Waals surface area contributed by atoms with Crippen LogP contribution in [-0.4, -0.2) is 27.7 Å². The lowest BCUT2D eigenvalue weighted by molar-refractivity contribution is 0.155. The molecular formula is C24H28N4O3S. The number of nitrogens with one attached hydrogen (secondary N) is 1. The number of hydrogen-bond donors (Lipinski definition) is 1. The minimum Gasteiger partial charge on any atom is -0.500 e. The van der Waals surface area contributed by atoms with E-state index in [4.69, 9.17) is 14.5 Å². The molecule has 1 N–H and O–H groups in total. The summed E-state index contributed by atoms with van der Waals surface area (Å²) in [7, 11) is 1.69. The van der Waals surface area contributed by atoms with E-state index in [0.29, 0.717) is 17.3 Å². The summed E-state index contributed by atoms with van der Waals surface area (Å²) in [6.07, 6.45) is 7.09. The summed E-state index contributed by atoms with van der Waals surface area (Å²) in [6, 6.07) is 5.92. The van der Waals surface area contributed by atoms with E-state index in [2.05, 4.69) is 40.9 Å². The van der Waals surface area contributed by atoms with Gasteiger partial charge >= 0.3 is 6.09 Å². The molecule has 1 aliphatic rings. The van der Waals surface area contributed by atoms with Crippen molar-refractivity contribution in [2.75, 3.05) is 12.4 Å². The first kappa shape index (κ1) is 22.1. The lowest BCUT2D eigenvalue weighted by atomic mass is 9.97. The molecule has 1 atom stereocenters. The Bertz CT molecular complexity index is 1190. The molecule has 32 heavy (non-hydrogen) atoms. The zero-order valence-electron chi connectivity index (χ0n) is 18.8. The van der Waals surface area contributed by atoms with Crippen molar-refractivity contribution in [3.05, 3.63) is 58.7 Å². The van der Waals surface area contributed by atoms with E-state index >= 15 is 0 Å². The maximum Gasteiger partial charge on any atom is 0.412 e. The fourth-order valence-electron chi connectivity index (χ4n) is 3.74. The number of imidazole rings is 1. The molecule has 0 radical (unpaired) electrons. The molecule has 2 heterocycles. The molecule has 168 valence electrons. The fraction of sp³-hybridized carbons (Fsp3) is 0.375. The first-order valence-corrected chi connectivity index (χ1v) is 11.7. The van der Waals surface area contributed by atoms with Crippen LogP contribution in [0.1, 0.15) is 43.5 Å². The summed E-state index contributed by atoms with van der Waals surface area (Å²) in [6.45, 7) is 7.29. The monoisotopic (exact) mass is 452 g/mol. The Morgan fingerprint density at radius 3 is 2.94 bits per heavy atom. The van der Waals surface area contributed by atoms with Gasteiger partial charge in [-0.3, -0.25) is 5.32 Å². The van der Waals surface area contributed by atoms with Crippen LogP contribution >= 0.6 is 11.3 Å². The van der Waals surface area contributed by atoms with Crippen molar-refractivity contribution < 1.29 is 14.3 Å². The number of carbonyl (C=O) groups excluding carboxylic acids is 1. The molecule has 8 heteroatoms. The van der Waals surface area contributed by atoms with Crippen molar-refractivity contribution in [2.24, 2.45) is 5.92 Å². The molecular weight excluding hydrogens is 424 g/mol. The SMILES string of the molecule is CCc1nc(C2=C(OC)CC(C)C=C2)sc1NC(=O)OCc1ccc2c(c1)ncn2CC. The quantitative estimate of drug-likeness (QED) is 0.492. The molecule has 2 aromatic heterocycles. The van der Waals surface area contributed by atoms with E-state index in [9.17, 15) is 4.79 Å². The second-order valence-corrected chi connectivity index (χ2v) is 8.78. The highest BCUT2D eigenvalue weighted by atomic mass is 32.1. The maximum atomic E-state index is 12.5. The Kier molecular flexibility index (Phi) is 6.60. The van der Waals surface area contributed by atoms with Gasteiger partial charge in [-0.2, -0.15) is 0 Å². The highest BCUT2D eigenvalue weighted by Crippen LogP contribution is 2.36. The van der Waals surface area contributed by atoms with Gasteiger partial charge in [0.15, 0.2) is 0 Å². The number of benzene rings is 1. The van der Waals surface area contributed by atoms with Crippen LogP contribution in [0.25, 0.3) is 16.6 Å². The van der Waals surface area contributed by atoms with Gasteiger partial charge in [0.2, 0.25) is 0 Å². The fourth-order valence-corrected chi connectivity index (χ4v) is 4.82. The molecule has 0 aliphatic heterocycles. The number of methoxy groups -OCH3 is 1. The lowest BCUT2D eigenvalue weighted by Gasteiger charge is -2.17. The molecule has 1 unspecified atom stereocenters. The Balaban J connectivity index is 1.45. The largest absolute Gasteiger partial charge is 0.500 e. The molecule has 4 rings (SSSR count). The molecule has 0 fully saturated rings. The Hall–Kier alpha value is -3.13. The number of allylic oxidation sites excluding steroid dienone is 4. The zero-order chi connectivity index (χ0) is 22.7. The van der Waals surface area contributed by atoms with Crippen molar-refractivity contribution in [2.45, 2.75) is 46.8 Å². The zero-order valence-corrected chi connectivity index (χ0v) is 19.7. The molecule has 3 aromatic rings. The first-order chi connectivity index (χ1) is 15.5. The number of fused-ring (bicyclic) bond motifs is 1. The number of nitrogens with zero attached hydrogens (tertiary/aromatic N) is 3. The third-order valence-corrected chi connectivity index (χ3v) is 6.57. The maximum absolute atomic E-state index is 12.5. The molecule has 0 bridgehead atoms. The topological polar surface area (TPSA) is 78.3 Å². The number of carbonyl (C=O) groups is 1. The Labute approximate surface area is 191 Å². The second kappa shape index (κ2) is 9.56. The van der Waals surface area contributed by atoms with E-state index in [1.807, 2.05) is 31.5 Å². The Morgan fingerprint density at radius 2 is 2.19 bits per heavy atom. The van der Waals surface area contributed by atoms with Crippen LogP contribution in [0.3, 0.4) is 0 Å². The summed E-state index contributed by atoms with van der Waals surface area (Å²) >= 11 is 1.44. The smallest absolute Gasteiger partial charge is 0.412 e. The third-order valence-electron chi connectivity index (χ3n) is 5.52. The first-order valence-electron chi connectivity index (χ1n) is 10.8. The number of ether oxygens (including phenoxy) is 2. The number of hydrogen-bond acceptors (Lipinski definition) is 6. The Morgan fingerprint density at radius 1 is 1.34 bits per heavy atom. The third kappa shape index (κ3) is 4.55. The summed E-state index contributed by atoms with van der Waals surface area (Å²) in [4.78, 5) is 21.6. The van der Waals surface area contributed by atoms with Crippen molar-refractivity contribution in [1.29, 1.82) is 0 Å². The number of thiazole rings is 1. The summed E-state index contributed by atoms with van der Waals surface area (Å²) in [5.41, 5.74) is 4.67. The average Bonchev–Trinajstić information content (AvgIpc) is 3.40. The van der Waals surface area contributed by atoms with E-state index < -0.39 is 6.09 Å². The summed E-state index contributed by atoms with van der Waals surface area (Å²) in [5, 5.41) is 4.42. The van der Waals surface area contributed by atoms with Crippen LogP contribution in [0.5, 0.6) is 0 Å². The number of amides is 1. The lowest BCUT2D eigenvalue weighted by Crippen LogP contribution is -2.13. The van der Waals surface area contributed by atoms with E-state index in [-0.39, 0.29) is 6.61 Å². The van der Waals surface area contributed by atoms with Gasteiger partial charge in [-0.1, -0.05) is 43.4 Å². The van der Waals surface area contributed by atoms with E-state index in [1.165, 1.54) is 11.3 Å². The molecule has 0 saturated carbocycles. The van der Waals surface area contributed by atoms with E-state index in [0.717, 1.165) is 51.6 Å². The average molecular weight is 453 g/mol. The predicted octanol–water partition coefficient (Wildman–Crippen LogP) is 5.78. The van der Waals surface area contributed by atoms with Crippen LogP contribution in [0.4, 0.5) is 9.80 Å². The van der Waals surface area contributed by atoms with Crippen LogP contribution in [0.2, 0.25) is 0 Å². The number of rotatable bonds is 7. The minimum atomic E-state index is -0.497. The van der Waals surface area contributed by atoms with Crippen molar-refractivity contribution in [3.8, 4) is 0 Å². The normalized spacial score (nSPS) is 15.9. The highest BCUT2D eigenvalue weighted by Gasteiger charge is 2.21. The van der Waals surface area contributed by atoms with Crippen molar-refractivity contribution in [1.82, 2.24) is 14.5 Å². The van der Waals surface area contributed by atoms with Gasteiger partial charge in [0, 0.05) is 18.5 Å². The van der Waals surface area contributed by atoms with Crippen molar-refractivity contribution >= 4 is 39.0 Å². The summed E-state index contributed by atoms with van der Waals surface area (Å²) < 4.78 is 13.1. The predicted molar refractivity (Wildman–Crippen MR) is 128 cm³/mol.